The van der Waals surface area contributed by atoms with E-state index in [1.807, 2.05) is 5.32 Å². The number of amides is 1. The number of carboxylic acid groups (broad SMARTS) is 2. The van der Waals surface area contributed by atoms with E-state index in [2.05, 4.69) is 6.92 Å². The molecule has 7 heteroatoms. The van der Waals surface area contributed by atoms with Crippen molar-refractivity contribution >= 4 is 23.6 Å². The number of ketones is 1. The van der Waals surface area contributed by atoms with Gasteiger partial charge in [-0.15, -0.1) is 0 Å². The van der Waals surface area contributed by atoms with Gasteiger partial charge in [-0.2, -0.15) is 0 Å². The van der Waals surface area contributed by atoms with E-state index < -0.39 is 35.6 Å². The molecule has 3 N–H and O–H groups in total. The molecule has 0 aliphatic heterocycles. The Hall–Kier alpha value is -2.70. The molecule has 1 rings (SSSR count). The largest absolute Gasteiger partial charge is 0.479 e. The van der Waals surface area contributed by atoms with E-state index in [0.29, 0.717) is 0 Å². The quantitative estimate of drug-likeness (QED) is 0.270. The first-order chi connectivity index (χ1) is 13.2. The van der Waals surface area contributed by atoms with Gasteiger partial charge in [0.25, 0.3) is 0 Å². The van der Waals surface area contributed by atoms with Crippen molar-refractivity contribution in [2.45, 2.75) is 70.8 Å². The molecule has 0 aromatic heterocycles. The van der Waals surface area contributed by atoms with Crippen molar-refractivity contribution in [2.75, 3.05) is 0 Å². The minimum Gasteiger partial charge on any atom is -0.479 e. The van der Waals surface area contributed by atoms with Crippen LogP contribution in [0.25, 0.3) is 0 Å². The Kier molecular flexibility index (Phi) is 9.35. The smallest absolute Gasteiger partial charge is 0.341 e. The summed E-state index contributed by atoms with van der Waals surface area (Å²) < 4.78 is 0. The molecular weight excluding hydrogens is 362 g/mol. The Morgan fingerprint density at radius 3 is 1.93 bits per heavy atom. The Bertz CT molecular complexity index is 681. The Morgan fingerprint density at radius 2 is 1.43 bits per heavy atom. The van der Waals surface area contributed by atoms with Crippen LogP contribution in [0.15, 0.2) is 24.3 Å². The minimum atomic E-state index is -2.68. The van der Waals surface area contributed by atoms with Crippen molar-refractivity contribution in [3.8, 4) is 0 Å². The normalized spacial score (nSPS) is 11.1. The number of carboxylic acids is 2. The van der Waals surface area contributed by atoms with Crippen LogP contribution in [0.3, 0.4) is 0 Å². The average Bonchev–Trinajstić information content (AvgIpc) is 2.63. The van der Waals surface area contributed by atoms with E-state index in [-0.39, 0.29) is 5.56 Å². The Labute approximate surface area is 165 Å². The minimum absolute atomic E-state index is 0.212. The summed E-state index contributed by atoms with van der Waals surface area (Å²) in [7, 11) is 0. The third-order valence-corrected chi connectivity index (χ3v) is 4.64. The second-order valence-electron chi connectivity index (χ2n) is 7.01. The summed E-state index contributed by atoms with van der Waals surface area (Å²) >= 11 is 0. The summed E-state index contributed by atoms with van der Waals surface area (Å²) in [5.41, 5.74) is -1.40. The van der Waals surface area contributed by atoms with Crippen molar-refractivity contribution in [3.05, 3.63) is 35.4 Å². The molecule has 28 heavy (non-hydrogen) atoms. The number of carbonyl (C=O) groups is 4. The molecule has 0 saturated heterocycles. The monoisotopic (exact) mass is 391 g/mol. The molecule has 154 valence electrons. The molecular formula is C21H29NO6. The third-order valence-electron chi connectivity index (χ3n) is 4.64. The van der Waals surface area contributed by atoms with E-state index in [1.54, 1.807) is 24.3 Å². The summed E-state index contributed by atoms with van der Waals surface area (Å²) in [6.07, 6.45) is 7.14. The fourth-order valence-corrected chi connectivity index (χ4v) is 3.00. The van der Waals surface area contributed by atoms with Crippen LogP contribution in [0.2, 0.25) is 0 Å². The van der Waals surface area contributed by atoms with Gasteiger partial charge in [0.2, 0.25) is 11.4 Å². The van der Waals surface area contributed by atoms with Crippen LogP contribution in [0, 0.1) is 0 Å². The molecule has 0 spiro atoms. The molecule has 0 radical (unpaired) electrons. The highest BCUT2D eigenvalue weighted by molar-refractivity contribution is 6.12. The zero-order valence-corrected chi connectivity index (χ0v) is 16.5. The van der Waals surface area contributed by atoms with E-state index >= 15 is 0 Å². The summed E-state index contributed by atoms with van der Waals surface area (Å²) in [5, 5.41) is 20.5. The van der Waals surface area contributed by atoms with Crippen LogP contribution < -0.4 is 5.32 Å². The summed E-state index contributed by atoms with van der Waals surface area (Å²) in [6.45, 7) is 3.18. The van der Waals surface area contributed by atoms with Crippen molar-refractivity contribution in [3.63, 3.8) is 0 Å². The first kappa shape index (κ1) is 23.3. The van der Waals surface area contributed by atoms with Gasteiger partial charge >= 0.3 is 11.9 Å². The topological polar surface area (TPSA) is 121 Å². The van der Waals surface area contributed by atoms with Gasteiger partial charge in [-0.05, 0) is 18.4 Å². The van der Waals surface area contributed by atoms with E-state index in [4.69, 9.17) is 0 Å². The molecule has 7 nitrogen and oxygen atoms in total. The first-order valence-electron chi connectivity index (χ1n) is 9.60. The van der Waals surface area contributed by atoms with Crippen molar-refractivity contribution in [1.29, 1.82) is 0 Å². The van der Waals surface area contributed by atoms with Crippen LogP contribution in [0.4, 0.5) is 0 Å². The number of benzene rings is 1. The van der Waals surface area contributed by atoms with Crippen molar-refractivity contribution in [2.24, 2.45) is 0 Å². The van der Waals surface area contributed by atoms with Gasteiger partial charge in [0, 0.05) is 12.5 Å². The maximum absolute atomic E-state index is 12.4. The molecule has 1 aromatic carbocycles. The van der Waals surface area contributed by atoms with Gasteiger partial charge in [-0.3, -0.25) is 9.59 Å². The number of rotatable bonds is 13. The van der Waals surface area contributed by atoms with Gasteiger partial charge in [-0.25, -0.2) is 9.59 Å². The lowest BCUT2D eigenvalue weighted by Gasteiger charge is -2.24. The SMILES string of the molecule is CCCCCCCCc1ccc(C(=O)CC(NC(C)=O)(C(=O)O)C(=O)O)cc1. The lowest BCUT2D eigenvalue weighted by molar-refractivity contribution is -0.161. The summed E-state index contributed by atoms with van der Waals surface area (Å²) in [4.78, 5) is 46.7. The molecule has 0 heterocycles. The number of Topliss-reactive ketones (excluding diaryl/α,β-unsaturated/α-hetero) is 1. The van der Waals surface area contributed by atoms with Gasteiger partial charge in [-0.1, -0.05) is 63.3 Å². The maximum atomic E-state index is 12.4. The van der Waals surface area contributed by atoms with Gasteiger partial charge in [0.15, 0.2) is 5.78 Å². The number of hydrogen-bond acceptors (Lipinski definition) is 4. The van der Waals surface area contributed by atoms with Crippen LogP contribution in [-0.4, -0.2) is 39.4 Å². The number of carbonyl (C=O) groups excluding carboxylic acids is 2. The summed E-state index contributed by atoms with van der Waals surface area (Å²) in [5.74, 6) is -5.08. The van der Waals surface area contributed by atoms with Gasteiger partial charge < -0.3 is 15.5 Å². The van der Waals surface area contributed by atoms with Crippen LogP contribution in [0.1, 0.15) is 74.7 Å². The number of aliphatic carboxylic acids is 2. The molecule has 0 aliphatic rings. The first-order valence-corrected chi connectivity index (χ1v) is 9.60. The van der Waals surface area contributed by atoms with E-state index in [9.17, 15) is 29.4 Å². The molecule has 0 aliphatic carbocycles. The number of nitrogens with one attached hydrogen (secondary N) is 1. The second-order valence-corrected chi connectivity index (χ2v) is 7.01. The molecule has 0 atom stereocenters. The predicted octanol–water partition coefficient (Wildman–Crippen LogP) is 3.21. The molecule has 1 amide bonds. The zero-order chi connectivity index (χ0) is 21.2. The molecule has 0 unspecified atom stereocenters. The lowest BCUT2D eigenvalue weighted by atomic mass is 9.89. The Morgan fingerprint density at radius 1 is 0.893 bits per heavy atom. The van der Waals surface area contributed by atoms with Crippen molar-refractivity contribution < 1.29 is 29.4 Å². The predicted molar refractivity (Wildman–Crippen MR) is 104 cm³/mol. The second kappa shape index (κ2) is 11.2. The molecule has 1 aromatic rings. The van der Waals surface area contributed by atoms with Gasteiger partial charge in [0.1, 0.15) is 0 Å². The molecule has 0 saturated carbocycles. The van der Waals surface area contributed by atoms with Crippen LogP contribution >= 0.6 is 0 Å². The molecule has 0 fully saturated rings. The maximum Gasteiger partial charge on any atom is 0.341 e. The van der Waals surface area contributed by atoms with Gasteiger partial charge in [0.05, 0.1) is 6.42 Å². The van der Waals surface area contributed by atoms with E-state index in [0.717, 1.165) is 31.7 Å². The highest BCUT2D eigenvalue weighted by Crippen LogP contribution is 2.18. The lowest BCUT2D eigenvalue weighted by Crippen LogP contribution is -2.60. The highest BCUT2D eigenvalue weighted by atomic mass is 16.4. The van der Waals surface area contributed by atoms with Crippen LogP contribution in [-0.2, 0) is 20.8 Å². The van der Waals surface area contributed by atoms with E-state index in [1.165, 1.54) is 25.7 Å². The fraction of sp³-hybridized carbons (Fsp3) is 0.524. The third kappa shape index (κ3) is 6.79. The van der Waals surface area contributed by atoms with Crippen LogP contribution in [0.5, 0.6) is 0 Å². The highest BCUT2D eigenvalue weighted by Gasteiger charge is 2.49. The van der Waals surface area contributed by atoms with Crippen molar-refractivity contribution in [1.82, 2.24) is 5.32 Å². The summed E-state index contributed by atoms with van der Waals surface area (Å²) in [6, 6.07) is 6.72. The number of aryl methyl sites for hydroxylation is 1. The number of hydrogen-bond donors (Lipinski definition) is 3. The zero-order valence-electron chi connectivity index (χ0n) is 16.5. The molecule has 0 bridgehead atoms. The Balaban J connectivity index is 2.74. The fourth-order valence-electron chi connectivity index (χ4n) is 3.00. The standard InChI is InChI=1S/C21H29NO6/c1-3-4-5-6-7-8-9-16-10-12-17(13-11-16)18(24)14-21(19(25)26,20(27)28)22-15(2)23/h10-13H,3-9,14H2,1-2H3,(H,22,23)(H,25,26)(H,27,28). The average molecular weight is 391 g/mol. The number of unbranched alkanes of at least 4 members (excludes halogenated alkanes) is 5.